The fourth-order valence-electron chi connectivity index (χ4n) is 2.22. The smallest absolute Gasteiger partial charge is 0.338 e. The van der Waals surface area contributed by atoms with Crippen LogP contribution in [-0.2, 0) is 9.53 Å². The third kappa shape index (κ3) is 4.10. The average Bonchev–Trinajstić information content (AvgIpc) is 3.12. The van der Waals surface area contributed by atoms with E-state index in [0.717, 1.165) is 0 Å². The van der Waals surface area contributed by atoms with Crippen LogP contribution in [0.2, 0.25) is 0 Å². The lowest BCUT2D eigenvalue weighted by Crippen LogP contribution is -2.11. The number of nitrogens with one attached hydrogen (secondary N) is 1. The number of amides is 1. The number of carbonyl (C=O) groups is 2. The molecule has 0 bridgehead atoms. The second-order valence-corrected chi connectivity index (χ2v) is 5.51. The SMILES string of the molecule is CC(=O)Nc1cccc(C(=O)OC(C)c2nc(-c3cccnc3)no2)c1. The highest BCUT2D eigenvalue weighted by Crippen LogP contribution is 2.21. The first-order valence-electron chi connectivity index (χ1n) is 7.85. The van der Waals surface area contributed by atoms with Crippen LogP contribution in [0.15, 0.2) is 53.3 Å². The normalized spacial score (nSPS) is 11.6. The van der Waals surface area contributed by atoms with Crippen molar-refractivity contribution in [2.45, 2.75) is 20.0 Å². The Bertz CT molecular complexity index is 924. The van der Waals surface area contributed by atoms with Crippen molar-refractivity contribution < 1.29 is 18.8 Å². The summed E-state index contributed by atoms with van der Waals surface area (Å²) in [5.74, 6) is -0.248. The fourth-order valence-corrected chi connectivity index (χ4v) is 2.22. The van der Waals surface area contributed by atoms with Crippen molar-refractivity contribution in [2.75, 3.05) is 5.32 Å². The molecular weight excluding hydrogens is 336 g/mol. The van der Waals surface area contributed by atoms with Crippen LogP contribution >= 0.6 is 0 Å². The number of pyridine rings is 1. The minimum absolute atomic E-state index is 0.176. The lowest BCUT2D eigenvalue weighted by Gasteiger charge is -2.10. The molecule has 1 N–H and O–H groups in total. The number of carbonyl (C=O) groups excluding carboxylic acids is 2. The molecule has 0 saturated heterocycles. The molecule has 26 heavy (non-hydrogen) atoms. The summed E-state index contributed by atoms with van der Waals surface area (Å²) in [5.41, 5.74) is 1.51. The number of benzene rings is 1. The predicted octanol–water partition coefficient (Wildman–Crippen LogP) is 3.01. The van der Waals surface area contributed by atoms with Crippen molar-refractivity contribution >= 4 is 17.6 Å². The van der Waals surface area contributed by atoms with E-state index >= 15 is 0 Å². The minimum Gasteiger partial charge on any atom is -0.449 e. The van der Waals surface area contributed by atoms with E-state index in [9.17, 15) is 9.59 Å². The van der Waals surface area contributed by atoms with Crippen molar-refractivity contribution in [1.82, 2.24) is 15.1 Å². The van der Waals surface area contributed by atoms with E-state index in [2.05, 4.69) is 20.4 Å². The Morgan fingerprint density at radius 1 is 1.23 bits per heavy atom. The van der Waals surface area contributed by atoms with E-state index in [1.807, 2.05) is 0 Å². The lowest BCUT2D eigenvalue weighted by atomic mass is 10.2. The summed E-state index contributed by atoms with van der Waals surface area (Å²) in [4.78, 5) is 31.7. The van der Waals surface area contributed by atoms with Gasteiger partial charge in [0.2, 0.25) is 11.7 Å². The molecule has 8 nitrogen and oxygen atoms in total. The number of ether oxygens (including phenoxy) is 1. The minimum atomic E-state index is -0.732. The predicted molar refractivity (Wildman–Crippen MR) is 92.1 cm³/mol. The lowest BCUT2D eigenvalue weighted by molar-refractivity contribution is -0.114. The maximum atomic E-state index is 12.3. The zero-order valence-electron chi connectivity index (χ0n) is 14.2. The van der Waals surface area contributed by atoms with Crippen LogP contribution in [0.4, 0.5) is 5.69 Å². The monoisotopic (exact) mass is 352 g/mol. The Morgan fingerprint density at radius 2 is 2.08 bits per heavy atom. The molecule has 3 rings (SSSR count). The van der Waals surface area contributed by atoms with Gasteiger partial charge in [-0.15, -0.1) is 0 Å². The molecule has 1 aromatic carbocycles. The molecule has 8 heteroatoms. The number of nitrogens with zero attached hydrogens (tertiary/aromatic N) is 3. The Balaban J connectivity index is 1.70. The summed E-state index contributed by atoms with van der Waals surface area (Å²) >= 11 is 0. The number of hydrogen-bond donors (Lipinski definition) is 1. The Hall–Kier alpha value is -3.55. The molecule has 1 amide bonds. The number of aromatic nitrogens is 3. The Kier molecular flexibility index (Phi) is 5.02. The number of esters is 1. The molecule has 1 atom stereocenters. The second kappa shape index (κ2) is 7.56. The van der Waals surface area contributed by atoms with Crippen LogP contribution in [0, 0.1) is 0 Å². The van der Waals surface area contributed by atoms with E-state index in [1.165, 1.54) is 13.0 Å². The molecule has 0 aliphatic rings. The van der Waals surface area contributed by atoms with Gasteiger partial charge < -0.3 is 14.6 Å². The van der Waals surface area contributed by atoms with Gasteiger partial charge in [-0.25, -0.2) is 4.79 Å². The Labute approximate surface area is 149 Å². The maximum absolute atomic E-state index is 12.3. The zero-order valence-corrected chi connectivity index (χ0v) is 14.2. The van der Waals surface area contributed by atoms with E-state index in [4.69, 9.17) is 9.26 Å². The Morgan fingerprint density at radius 3 is 2.81 bits per heavy atom. The topological polar surface area (TPSA) is 107 Å². The van der Waals surface area contributed by atoms with Gasteiger partial charge in [-0.05, 0) is 37.3 Å². The first-order chi connectivity index (χ1) is 12.5. The summed E-state index contributed by atoms with van der Waals surface area (Å²) in [6.07, 6.45) is 2.52. The number of rotatable bonds is 5. The van der Waals surface area contributed by atoms with Gasteiger partial charge in [0, 0.05) is 30.6 Å². The van der Waals surface area contributed by atoms with E-state index < -0.39 is 12.1 Å². The van der Waals surface area contributed by atoms with Gasteiger partial charge in [0.25, 0.3) is 5.89 Å². The third-order valence-electron chi connectivity index (χ3n) is 3.41. The van der Waals surface area contributed by atoms with E-state index in [-0.39, 0.29) is 11.8 Å². The standard InChI is InChI=1S/C18H16N4O4/c1-11(17-21-16(22-26-17)14-6-4-8-19-10-14)25-18(24)13-5-3-7-15(9-13)20-12(2)23/h3-11H,1-2H3,(H,20,23). The largest absolute Gasteiger partial charge is 0.449 e. The summed E-state index contributed by atoms with van der Waals surface area (Å²) in [6, 6.07) is 10.0. The van der Waals surface area contributed by atoms with Gasteiger partial charge >= 0.3 is 5.97 Å². The molecular formula is C18H16N4O4. The highest BCUT2D eigenvalue weighted by atomic mass is 16.6. The quantitative estimate of drug-likeness (QED) is 0.703. The van der Waals surface area contributed by atoms with Gasteiger partial charge in [-0.3, -0.25) is 9.78 Å². The van der Waals surface area contributed by atoms with Gasteiger partial charge in [0.05, 0.1) is 5.56 Å². The first-order valence-corrected chi connectivity index (χ1v) is 7.85. The molecule has 0 aliphatic heterocycles. The molecule has 1 unspecified atom stereocenters. The average molecular weight is 352 g/mol. The molecule has 2 heterocycles. The van der Waals surface area contributed by atoms with Crippen molar-refractivity contribution in [3.8, 4) is 11.4 Å². The van der Waals surface area contributed by atoms with E-state index in [0.29, 0.717) is 22.6 Å². The molecule has 0 radical (unpaired) electrons. The number of hydrogen-bond acceptors (Lipinski definition) is 7. The molecule has 0 fully saturated rings. The first kappa shape index (κ1) is 17.3. The van der Waals surface area contributed by atoms with Crippen LogP contribution in [0.3, 0.4) is 0 Å². The van der Waals surface area contributed by atoms with Crippen LogP contribution < -0.4 is 5.32 Å². The van der Waals surface area contributed by atoms with E-state index in [1.54, 1.807) is 49.6 Å². The summed E-state index contributed by atoms with van der Waals surface area (Å²) in [5, 5.41) is 6.48. The molecule has 3 aromatic rings. The third-order valence-corrected chi connectivity index (χ3v) is 3.41. The maximum Gasteiger partial charge on any atom is 0.338 e. The molecule has 132 valence electrons. The number of anilines is 1. The van der Waals surface area contributed by atoms with Gasteiger partial charge in [-0.2, -0.15) is 4.98 Å². The van der Waals surface area contributed by atoms with Crippen LogP contribution in [0.1, 0.15) is 36.2 Å². The van der Waals surface area contributed by atoms with Crippen LogP contribution in [0.25, 0.3) is 11.4 Å². The van der Waals surface area contributed by atoms with Crippen molar-refractivity contribution in [1.29, 1.82) is 0 Å². The van der Waals surface area contributed by atoms with Gasteiger partial charge in [0.15, 0.2) is 6.10 Å². The van der Waals surface area contributed by atoms with Crippen LogP contribution in [0.5, 0.6) is 0 Å². The highest BCUT2D eigenvalue weighted by molar-refractivity contribution is 5.93. The summed E-state index contributed by atoms with van der Waals surface area (Å²) in [6.45, 7) is 3.03. The summed E-state index contributed by atoms with van der Waals surface area (Å²) < 4.78 is 10.5. The van der Waals surface area contributed by atoms with Gasteiger partial charge in [-0.1, -0.05) is 11.2 Å². The molecule has 0 spiro atoms. The van der Waals surface area contributed by atoms with Gasteiger partial charge in [0.1, 0.15) is 0 Å². The van der Waals surface area contributed by atoms with Crippen molar-refractivity contribution in [3.63, 3.8) is 0 Å². The van der Waals surface area contributed by atoms with Crippen LogP contribution in [-0.4, -0.2) is 27.0 Å². The highest BCUT2D eigenvalue weighted by Gasteiger charge is 2.20. The van der Waals surface area contributed by atoms with Crippen molar-refractivity contribution in [3.05, 3.63) is 60.2 Å². The fraction of sp³-hybridized carbons (Fsp3) is 0.167. The molecule has 0 aliphatic carbocycles. The zero-order chi connectivity index (χ0) is 18.5. The summed E-state index contributed by atoms with van der Waals surface area (Å²) in [7, 11) is 0. The molecule has 2 aromatic heterocycles. The van der Waals surface area contributed by atoms with Crippen molar-refractivity contribution in [2.24, 2.45) is 0 Å². The molecule has 0 saturated carbocycles. The second-order valence-electron chi connectivity index (χ2n) is 5.51.